The second-order valence-corrected chi connectivity index (χ2v) is 5.91. The van der Waals surface area contributed by atoms with Gasteiger partial charge in [0, 0.05) is 30.6 Å². The topological polar surface area (TPSA) is 87.3 Å². The molecule has 0 aliphatic rings. The summed E-state index contributed by atoms with van der Waals surface area (Å²) in [5, 5.41) is 8.57. The molecule has 0 aliphatic heterocycles. The lowest BCUT2D eigenvalue weighted by molar-refractivity contribution is -0.129. The molecule has 0 aromatic heterocycles. The Morgan fingerprint density at radius 3 is 2.13 bits per heavy atom. The molecule has 0 saturated heterocycles. The van der Waals surface area contributed by atoms with Gasteiger partial charge in [0.1, 0.15) is 6.04 Å². The second kappa shape index (κ2) is 9.15. The summed E-state index contributed by atoms with van der Waals surface area (Å²) in [7, 11) is 0. The predicted molar refractivity (Wildman–Crippen MR) is 89.2 cm³/mol. The highest BCUT2D eigenvalue weighted by Gasteiger charge is 2.22. The second-order valence-electron chi connectivity index (χ2n) is 5.48. The average Bonchev–Trinajstić information content (AvgIpc) is 2.49. The zero-order chi connectivity index (χ0) is 17.4. The van der Waals surface area contributed by atoms with E-state index in [0.29, 0.717) is 10.6 Å². The highest BCUT2D eigenvalue weighted by Crippen LogP contribution is 2.09. The van der Waals surface area contributed by atoms with Gasteiger partial charge in [0.2, 0.25) is 11.8 Å². The van der Waals surface area contributed by atoms with Crippen LogP contribution in [0.1, 0.15) is 31.1 Å². The van der Waals surface area contributed by atoms with Crippen LogP contribution in [0.5, 0.6) is 0 Å². The molecule has 0 fully saturated rings. The summed E-state index contributed by atoms with van der Waals surface area (Å²) >= 11 is 5.76. The molecule has 0 aliphatic carbocycles. The van der Waals surface area contributed by atoms with Gasteiger partial charge in [-0.15, -0.1) is 0 Å². The summed E-state index contributed by atoms with van der Waals surface area (Å²) < 4.78 is 0. The SMILES string of the molecule is CC(=O)NC(C(=O)NCCNC(=O)c1ccc(Cl)cc1)C(C)C. The predicted octanol–water partition coefficient (Wildman–Crippen LogP) is 1.35. The summed E-state index contributed by atoms with van der Waals surface area (Å²) in [4.78, 5) is 35.0. The first kappa shape index (κ1) is 19.0. The van der Waals surface area contributed by atoms with Gasteiger partial charge in [-0.25, -0.2) is 0 Å². The van der Waals surface area contributed by atoms with E-state index in [0.717, 1.165) is 0 Å². The summed E-state index contributed by atoms with van der Waals surface area (Å²) in [6.07, 6.45) is 0. The number of hydrogen-bond donors (Lipinski definition) is 3. The van der Waals surface area contributed by atoms with E-state index in [1.54, 1.807) is 24.3 Å². The third kappa shape index (κ3) is 6.69. The van der Waals surface area contributed by atoms with E-state index in [1.807, 2.05) is 13.8 Å². The van der Waals surface area contributed by atoms with Crippen molar-refractivity contribution in [3.8, 4) is 0 Å². The number of nitrogens with one attached hydrogen (secondary N) is 3. The number of hydrogen-bond acceptors (Lipinski definition) is 3. The maximum atomic E-state index is 12.0. The average molecular weight is 340 g/mol. The van der Waals surface area contributed by atoms with Crippen LogP contribution in [0.2, 0.25) is 5.02 Å². The molecule has 1 unspecified atom stereocenters. The van der Waals surface area contributed by atoms with Crippen molar-refractivity contribution in [2.75, 3.05) is 13.1 Å². The van der Waals surface area contributed by atoms with E-state index in [-0.39, 0.29) is 36.7 Å². The van der Waals surface area contributed by atoms with Gasteiger partial charge in [-0.1, -0.05) is 25.4 Å². The molecule has 126 valence electrons. The standard InChI is InChI=1S/C16H22ClN3O3/c1-10(2)14(20-11(3)21)16(23)19-9-8-18-15(22)12-4-6-13(17)7-5-12/h4-7,10,14H,8-9H2,1-3H3,(H,18,22)(H,19,23)(H,20,21). The normalized spacial score (nSPS) is 11.7. The molecule has 1 atom stereocenters. The molecule has 3 N–H and O–H groups in total. The van der Waals surface area contributed by atoms with E-state index in [2.05, 4.69) is 16.0 Å². The van der Waals surface area contributed by atoms with Crippen molar-refractivity contribution >= 4 is 29.3 Å². The third-order valence-electron chi connectivity index (χ3n) is 3.12. The largest absolute Gasteiger partial charge is 0.353 e. The summed E-state index contributed by atoms with van der Waals surface area (Å²) in [5.41, 5.74) is 0.499. The van der Waals surface area contributed by atoms with Gasteiger partial charge in [-0.05, 0) is 30.2 Å². The maximum Gasteiger partial charge on any atom is 0.251 e. The lowest BCUT2D eigenvalue weighted by atomic mass is 10.0. The lowest BCUT2D eigenvalue weighted by Crippen LogP contribution is -2.50. The number of rotatable bonds is 7. The van der Waals surface area contributed by atoms with Crippen LogP contribution in [-0.4, -0.2) is 36.9 Å². The Balaban J connectivity index is 2.38. The Bertz CT molecular complexity index is 558. The van der Waals surface area contributed by atoms with Crippen molar-refractivity contribution in [3.63, 3.8) is 0 Å². The van der Waals surface area contributed by atoms with Gasteiger partial charge in [-0.3, -0.25) is 14.4 Å². The number of benzene rings is 1. The van der Waals surface area contributed by atoms with Crippen LogP contribution in [0.4, 0.5) is 0 Å². The highest BCUT2D eigenvalue weighted by molar-refractivity contribution is 6.30. The van der Waals surface area contributed by atoms with Crippen molar-refractivity contribution in [3.05, 3.63) is 34.9 Å². The van der Waals surface area contributed by atoms with E-state index < -0.39 is 6.04 Å². The molecule has 0 spiro atoms. The Hall–Kier alpha value is -2.08. The van der Waals surface area contributed by atoms with Crippen LogP contribution in [0, 0.1) is 5.92 Å². The molecule has 0 saturated carbocycles. The maximum absolute atomic E-state index is 12.0. The lowest BCUT2D eigenvalue weighted by Gasteiger charge is -2.20. The zero-order valence-corrected chi connectivity index (χ0v) is 14.2. The first-order valence-electron chi connectivity index (χ1n) is 7.40. The van der Waals surface area contributed by atoms with E-state index in [1.165, 1.54) is 6.92 Å². The Labute approximate surface area is 141 Å². The highest BCUT2D eigenvalue weighted by atomic mass is 35.5. The van der Waals surface area contributed by atoms with Crippen LogP contribution in [0.3, 0.4) is 0 Å². The molecule has 0 bridgehead atoms. The molecule has 1 aromatic carbocycles. The zero-order valence-electron chi connectivity index (χ0n) is 13.5. The molecule has 7 heteroatoms. The van der Waals surface area contributed by atoms with Crippen molar-refractivity contribution in [1.82, 2.24) is 16.0 Å². The minimum atomic E-state index is -0.584. The van der Waals surface area contributed by atoms with Gasteiger partial charge in [0.05, 0.1) is 0 Å². The van der Waals surface area contributed by atoms with Gasteiger partial charge < -0.3 is 16.0 Å². The van der Waals surface area contributed by atoms with E-state index in [4.69, 9.17) is 11.6 Å². The fraction of sp³-hybridized carbons (Fsp3) is 0.438. The van der Waals surface area contributed by atoms with Crippen LogP contribution >= 0.6 is 11.6 Å². The number of carbonyl (C=O) groups is 3. The van der Waals surface area contributed by atoms with E-state index in [9.17, 15) is 14.4 Å². The van der Waals surface area contributed by atoms with Gasteiger partial charge in [0.25, 0.3) is 5.91 Å². The Morgan fingerprint density at radius 1 is 1.04 bits per heavy atom. The molecule has 0 heterocycles. The molecular weight excluding hydrogens is 318 g/mol. The van der Waals surface area contributed by atoms with Gasteiger partial charge in [-0.2, -0.15) is 0 Å². The van der Waals surface area contributed by atoms with Gasteiger partial charge in [0.15, 0.2) is 0 Å². The molecule has 23 heavy (non-hydrogen) atoms. The number of halogens is 1. The first-order valence-corrected chi connectivity index (χ1v) is 7.77. The summed E-state index contributed by atoms with van der Waals surface area (Å²) in [6, 6.07) is 5.95. The van der Waals surface area contributed by atoms with Crippen LogP contribution in [-0.2, 0) is 9.59 Å². The number of amides is 3. The molecule has 0 radical (unpaired) electrons. The van der Waals surface area contributed by atoms with Crippen LogP contribution in [0.15, 0.2) is 24.3 Å². The van der Waals surface area contributed by atoms with E-state index >= 15 is 0 Å². The third-order valence-corrected chi connectivity index (χ3v) is 3.38. The fourth-order valence-electron chi connectivity index (χ4n) is 1.93. The molecule has 1 rings (SSSR count). The van der Waals surface area contributed by atoms with Crippen molar-refractivity contribution in [1.29, 1.82) is 0 Å². The van der Waals surface area contributed by atoms with Crippen LogP contribution < -0.4 is 16.0 Å². The minimum Gasteiger partial charge on any atom is -0.353 e. The Kier molecular flexibility index (Phi) is 7.54. The van der Waals surface area contributed by atoms with Crippen molar-refractivity contribution < 1.29 is 14.4 Å². The summed E-state index contributed by atoms with van der Waals surface area (Å²) in [6.45, 7) is 5.64. The first-order chi connectivity index (χ1) is 10.8. The molecule has 1 aromatic rings. The van der Waals surface area contributed by atoms with Crippen LogP contribution in [0.25, 0.3) is 0 Å². The molecule has 6 nitrogen and oxygen atoms in total. The summed E-state index contributed by atoms with van der Waals surface area (Å²) in [5.74, 6) is -0.786. The fourth-order valence-corrected chi connectivity index (χ4v) is 2.05. The quantitative estimate of drug-likeness (QED) is 0.655. The van der Waals surface area contributed by atoms with Crippen molar-refractivity contribution in [2.24, 2.45) is 5.92 Å². The van der Waals surface area contributed by atoms with Gasteiger partial charge >= 0.3 is 0 Å². The molecule has 3 amide bonds. The number of carbonyl (C=O) groups excluding carboxylic acids is 3. The Morgan fingerprint density at radius 2 is 1.61 bits per heavy atom. The minimum absolute atomic E-state index is 0.0254. The van der Waals surface area contributed by atoms with Crippen molar-refractivity contribution in [2.45, 2.75) is 26.8 Å². The monoisotopic (exact) mass is 339 g/mol. The molecular formula is C16H22ClN3O3. The smallest absolute Gasteiger partial charge is 0.251 e.